The zero-order valence-corrected chi connectivity index (χ0v) is 12.6. The SMILES string of the molecule is CSC1CCC(NC(=O)C2(CN)CCOCC2)CC1. The highest BCUT2D eigenvalue weighted by Crippen LogP contribution is 2.31. The minimum Gasteiger partial charge on any atom is -0.381 e. The molecule has 0 radical (unpaired) electrons. The molecule has 0 atom stereocenters. The summed E-state index contributed by atoms with van der Waals surface area (Å²) in [5.41, 5.74) is 5.49. The van der Waals surface area contributed by atoms with Crippen LogP contribution >= 0.6 is 11.8 Å². The molecule has 19 heavy (non-hydrogen) atoms. The van der Waals surface area contributed by atoms with Crippen molar-refractivity contribution in [3.8, 4) is 0 Å². The molecule has 0 spiro atoms. The van der Waals surface area contributed by atoms with Crippen molar-refractivity contribution in [2.75, 3.05) is 26.0 Å². The molecule has 1 saturated heterocycles. The first-order chi connectivity index (χ1) is 9.20. The average molecular weight is 286 g/mol. The van der Waals surface area contributed by atoms with Gasteiger partial charge in [0.1, 0.15) is 0 Å². The zero-order chi connectivity index (χ0) is 13.7. The molecule has 0 aromatic heterocycles. The van der Waals surface area contributed by atoms with Crippen molar-refractivity contribution < 1.29 is 9.53 Å². The zero-order valence-electron chi connectivity index (χ0n) is 11.8. The molecule has 0 aromatic rings. The Hall–Kier alpha value is -0.260. The van der Waals surface area contributed by atoms with Crippen LogP contribution in [0.2, 0.25) is 0 Å². The standard InChI is InChI=1S/C14H26N2O2S/c1-19-12-4-2-11(3-5-12)16-13(17)14(10-15)6-8-18-9-7-14/h11-12H,2-10,15H2,1H3,(H,16,17). The number of carbonyl (C=O) groups is 1. The molecule has 1 amide bonds. The van der Waals surface area contributed by atoms with E-state index in [2.05, 4.69) is 11.6 Å². The Morgan fingerprint density at radius 1 is 1.32 bits per heavy atom. The molecule has 2 fully saturated rings. The van der Waals surface area contributed by atoms with Crippen molar-refractivity contribution in [2.45, 2.75) is 49.8 Å². The third-order valence-corrected chi connectivity index (χ3v) is 5.80. The molecule has 1 heterocycles. The second kappa shape index (κ2) is 6.95. The molecule has 110 valence electrons. The molecular weight excluding hydrogens is 260 g/mol. The first-order valence-corrected chi connectivity index (χ1v) is 8.60. The summed E-state index contributed by atoms with van der Waals surface area (Å²) in [6.45, 7) is 1.75. The van der Waals surface area contributed by atoms with Gasteiger partial charge in [-0.15, -0.1) is 0 Å². The van der Waals surface area contributed by atoms with Gasteiger partial charge in [-0.2, -0.15) is 11.8 Å². The Kier molecular flexibility index (Phi) is 5.54. The van der Waals surface area contributed by atoms with E-state index in [9.17, 15) is 4.79 Å². The topological polar surface area (TPSA) is 64.4 Å². The molecular formula is C14H26N2O2S. The fraction of sp³-hybridized carbons (Fsp3) is 0.929. The van der Waals surface area contributed by atoms with Crippen LogP contribution in [0.15, 0.2) is 0 Å². The van der Waals surface area contributed by atoms with Crippen LogP contribution in [0, 0.1) is 5.41 Å². The Balaban J connectivity index is 1.86. The van der Waals surface area contributed by atoms with E-state index in [1.54, 1.807) is 0 Å². The van der Waals surface area contributed by atoms with Gasteiger partial charge in [-0.05, 0) is 44.8 Å². The van der Waals surface area contributed by atoms with Gasteiger partial charge in [0, 0.05) is 31.1 Å². The maximum atomic E-state index is 12.5. The van der Waals surface area contributed by atoms with Crippen molar-refractivity contribution >= 4 is 17.7 Å². The lowest BCUT2D eigenvalue weighted by atomic mass is 9.79. The lowest BCUT2D eigenvalue weighted by Gasteiger charge is -2.37. The van der Waals surface area contributed by atoms with Gasteiger partial charge < -0.3 is 15.8 Å². The van der Waals surface area contributed by atoms with Crippen molar-refractivity contribution in [1.82, 2.24) is 5.32 Å². The molecule has 0 aromatic carbocycles. The highest BCUT2D eigenvalue weighted by molar-refractivity contribution is 7.99. The van der Waals surface area contributed by atoms with Crippen LogP contribution in [0.1, 0.15) is 38.5 Å². The van der Waals surface area contributed by atoms with Gasteiger partial charge in [0.25, 0.3) is 0 Å². The Morgan fingerprint density at radius 2 is 1.95 bits per heavy atom. The summed E-state index contributed by atoms with van der Waals surface area (Å²) < 4.78 is 5.36. The molecule has 3 N–H and O–H groups in total. The van der Waals surface area contributed by atoms with Crippen LogP contribution in [0.25, 0.3) is 0 Å². The van der Waals surface area contributed by atoms with Crippen LogP contribution in [0.5, 0.6) is 0 Å². The lowest BCUT2D eigenvalue weighted by molar-refractivity contribution is -0.136. The van der Waals surface area contributed by atoms with E-state index >= 15 is 0 Å². The molecule has 1 aliphatic carbocycles. The first-order valence-electron chi connectivity index (χ1n) is 7.32. The summed E-state index contributed by atoms with van der Waals surface area (Å²) in [6.07, 6.45) is 8.33. The van der Waals surface area contributed by atoms with Crippen molar-refractivity contribution in [1.29, 1.82) is 0 Å². The number of amides is 1. The Morgan fingerprint density at radius 3 is 2.47 bits per heavy atom. The maximum Gasteiger partial charge on any atom is 0.227 e. The van der Waals surface area contributed by atoms with Gasteiger partial charge in [0.15, 0.2) is 0 Å². The first kappa shape index (κ1) is 15.1. The summed E-state index contributed by atoms with van der Waals surface area (Å²) in [4.78, 5) is 12.5. The Bertz CT molecular complexity index is 298. The van der Waals surface area contributed by atoms with Crippen LogP contribution in [0.3, 0.4) is 0 Å². The molecule has 5 heteroatoms. The minimum atomic E-state index is -0.380. The van der Waals surface area contributed by atoms with E-state index in [4.69, 9.17) is 10.5 Å². The third kappa shape index (κ3) is 3.64. The van der Waals surface area contributed by atoms with Gasteiger partial charge in [-0.1, -0.05) is 0 Å². The highest BCUT2D eigenvalue weighted by Gasteiger charge is 2.39. The molecule has 4 nitrogen and oxygen atoms in total. The lowest BCUT2D eigenvalue weighted by Crippen LogP contribution is -2.52. The predicted molar refractivity (Wildman–Crippen MR) is 79.2 cm³/mol. The fourth-order valence-electron chi connectivity index (χ4n) is 3.07. The molecule has 1 saturated carbocycles. The van der Waals surface area contributed by atoms with Gasteiger partial charge in [-0.25, -0.2) is 0 Å². The monoisotopic (exact) mass is 286 g/mol. The van der Waals surface area contributed by atoms with Crippen LogP contribution in [0.4, 0.5) is 0 Å². The van der Waals surface area contributed by atoms with E-state index in [0.29, 0.717) is 25.8 Å². The van der Waals surface area contributed by atoms with E-state index in [1.165, 1.54) is 12.8 Å². The normalized spacial score (nSPS) is 30.8. The number of ether oxygens (including phenoxy) is 1. The molecule has 1 aliphatic heterocycles. The van der Waals surface area contributed by atoms with Crippen LogP contribution in [-0.2, 0) is 9.53 Å². The van der Waals surface area contributed by atoms with Gasteiger partial charge >= 0.3 is 0 Å². The molecule has 0 unspecified atom stereocenters. The third-order valence-electron chi connectivity index (χ3n) is 4.67. The quantitative estimate of drug-likeness (QED) is 0.822. The summed E-state index contributed by atoms with van der Waals surface area (Å²) in [5, 5.41) is 4.02. The number of hydrogen-bond donors (Lipinski definition) is 2. The summed E-state index contributed by atoms with van der Waals surface area (Å²) >= 11 is 1.95. The van der Waals surface area contributed by atoms with Crippen LogP contribution in [-0.4, -0.2) is 43.2 Å². The number of rotatable bonds is 4. The Labute approximate surface area is 120 Å². The van der Waals surface area contributed by atoms with Crippen molar-refractivity contribution in [3.63, 3.8) is 0 Å². The van der Waals surface area contributed by atoms with Gasteiger partial charge in [-0.3, -0.25) is 4.79 Å². The predicted octanol–water partition coefficient (Wildman–Crippen LogP) is 1.53. The number of nitrogens with one attached hydrogen (secondary N) is 1. The smallest absolute Gasteiger partial charge is 0.227 e. The van der Waals surface area contributed by atoms with Gasteiger partial charge in [0.2, 0.25) is 5.91 Å². The average Bonchev–Trinajstić information content (AvgIpc) is 2.48. The second-order valence-electron chi connectivity index (χ2n) is 5.78. The van der Waals surface area contributed by atoms with Gasteiger partial charge in [0.05, 0.1) is 5.41 Å². The highest BCUT2D eigenvalue weighted by atomic mass is 32.2. The van der Waals surface area contributed by atoms with Crippen molar-refractivity contribution in [2.24, 2.45) is 11.1 Å². The number of hydrogen-bond acceptors (Lipinski definition) is 4. The summed E-state index contributed by atoms with van der Waals surface area (Å²) in [5.74, 6) is 0.158. The van der Waals surface area contributed by atoms with E-state index < -0.39 is 0 Å². The van der Waals surface area contributed by atoms with Crippen LogP contribution < -0.4 is 11.1 Å². The minimum absolute atomic E-state index is 0.158. The number of thioether (sulfide) groups is 1. The number of carbonyl (C=O) groups excluding carboxylic acids is 1. The summed E-state index contributed by atoms with van der Waals surface area (Å²) in [6, 6.07) is 0.349. The maximum absolute atomic E-state index is 12.5. The van der Waals surface area contributed by atoms with Crippen molar-refractivity contribution in [3.05, 3.63) is 0 Å². The molecule has 2 rings (SSSR count). The fourth-order valence-corrected chi connectivity index (χ4v) is 3.81. The second-order valence-corrected chi connectivity index (χ2v) is 6.92. The summed E-state index contributed by atoms with van der Waals surface area (Å²) in [7, 11) is 0. The number of nitrogens with two attached hydrogens (primary N) is 1. The van der Waals surface area contributed by atoms with E-state index in [0.717, 1.165) is 30.9 Å². The molecule has 0 bridgehead atoms. The largest absolute Gasteiger partial charge is 0.381 e. The molecule has 2 aliphatic rings. The van der Waals surface area contributed by atoms with E-state index in [-0.39, 0.29) is 11.3 Å². The van der Waals surface area contributed by atoms with E-state index in [1.807, 2.05) is 11.8 Å².